The lowest BCUT2D eigenvalue weighted by Crippen LogP contribution is -2.35. The zero-order valence-electron chi connectivity index (χ0n) is 15.6. The zero-order chi connectivity index (χ0) is 21.5. The van der Waals surface area contributed by atoms with Gasteiger partial charge in [-0.15, -0.1) is 0 Å². The molecular formula is C19H18F3N3O3S2. The molecule has 0 saturated heterocycles. The van der Waals surface area contributed by atoms with Crippen molar-refractivity contribution in [2.24, 2.45) is 0 Å². The average Bonchev–Trinajstić information content (AvgIpc) is 3.39. The van der Waals surface area contributed by atoms with Crippen molar-refractivity contribution < 1.29 is 26.7 Å². The number of alkyl halides is 3. The minimum Gasteiger partial charge on any atom is -0.392 e. The van der Waals surface area contributed by atoms with Gasteiger partial charge in [0.15, 0.2) is 5.69 Å². The third-order valence-corrected chi connectivity index (χ3v) is 7.30. The molecule has 30 heavy (non-hydrogen) atoms. The van der Waals surface area contributed by atoms with Crippen molar-refractivity contribution in [2.75, 3.05) is 0 Å². The summed E-state index contributed by atoms with van der Waals surface area (Å²) in [5, 5.41) is 16.0. The number of aromatic nitrogens is 2. The number of hydrogen-bond donors (Lipinski definition) is 2. The number of thiophene rings is 1. The molecule has 11 heteroatoms. The summed E-state index contributed by atoms with van der Waals surface area (Å²) in [4.78, 5) is 0.239. The van der Waals surface area contributed by atoms with E-state index in [0.717, 1.165) is 21.4 Å². The third-order valence-electron chi connectivity index (χ3n) is 4.95. The Morgan fingerprint density at radius 3 is 2.63 bits per heavy atom. The van der Waals surface area contributed by atoms with Gasteiger partial charge in [0.2, 0.25) is 10.0 Å². The van der Waals surface area contributed by atoms with Crippen molar-refractivity contribution in [3.05, 3.63) is 69.2 Å². The van der Waals surface area contributed by atoms with Crippen molar-refractivity contribution in [1.29, 1.82) is 0 Å². The summed E-state index contributed by atoms with van der Waals surface area (Å²) in [5.41, 5.74) is 1.34. The van der Waals surface area contributed by atoms with Crippen LogP contribution in [0.1, 0.15) is 27.9 Å². The number of halogens is 3. The lowest BCUT2D eigenvalue weighted by atomic mass is 10.1. The topological polar surface area (TPSA) is 84.2 Å². The molecule has 0 aliphatic heterocycles. The summed E-state index contributed by atoms with van der Waals surface area (Å²) >= 11 is 1.31. The number of hydrogen-bond acceptors (Lipinski definition) is 5. The van der Waals surface area contributed by atoms with Crippen LogP contribution >= 0.6 is 11.3 Å². The van der Waals surface area contributed by atoms with Gasteiger partial charge in [-0.1, -0.05) is 18.2 Å². The Hall–Kier alpha value is -2.21. The molecule has 0 fully saturated rings. The molecule has 1 aliphatic carbocycles. The van der Waals surface area contributed by atoms with Crippen molar-refractivity contribution in [3.63, 3.8) is 0 Å². The predicted molar refractivity (Wildman–Crippen MR) is 105 cm³/mol. The van der Waals surface area contributed by atoms with Gasteiger partial charge in [0, 0.05) is 23.2 Å². The van der Waals surface area contributed by atoms with E-state index in [4.69, 9.17) is 5.11 Å². The van der Waals surface area contributed by atoms with E-state index in [0.29, 0.717) is 12.8 Å². The summed E-state index contributed by atoms with van der Waals surface area (Å²) in [6.45, 7) is -0.632. The first kappa shape index (κ1) is 21.0. The zero-order valence-corrected chi connectivity index (χ0v) is 17.2. The first-order valence-corrected chi connectivity index (χ1v) is 11.5. The Morgan fingerprint density at radius 2 is 2.00 bits per heavy atom. The van der Waals surface area contributed by atoms with Crippen LogP contribution in [-0.2, 0) is 42.2 Å². The Morgan fingerprint density at radius 1 is 1.23 bits per heavy atom. The molecule has 0 spiro atoms. The van der Waals surface area contributed by atoms with Crippen molar-refractivity contribution in [2.45, 2.75) is 43.1 Å². The molecular weight excluding hydrogens is 439 g/mol. The molecule has 0 bridgehead atoms. The van der Waals surface area contributed by atoms with Gasteiger partial charge < -0.3 is 5.11 Å². The Bertz CT molecular complexity index is 1160. The van der Waals surface area contributed by atoms with E-state index in [-0.39, 0.29) is 23.0 Å². The van der Waals surface area contributed by atoms with E-state index in [9.17, 15) is 21.6 Å². The molecule has 2 aromatic heterocycles. The number of fused-ring (bicyclic) bond motifs is 1. The highest BCUT2D eigenvalue weighted by Gasteiger charge is 2.37. The lowest BCUT2D eigenvalue weighted by molar-refractivity contribution is -0.142. The summed E-state index contributed by atoms with van der Waals surface area (Å²) in [6.07, 6.45) is -2.39. The summed E-state index contributed by atoms with van der Waals surface area (Å²) in [6, 6.07) is 6.80. The molecule has 1 aliphatic rings. The average molecular weight is 457 g/mol. The number of benzene rings is 1. The van der Waals surface area contributed by atoms with Crippen LogP contribution in [0.2, 0.25) is 0 Å². The number of nitrogens with zero attached hydrogens (tertiary/aromatic N) is 2. The highest BCUT2D eigenvalue weighted by Crippen LogP contribution is 2.31. The number of aliphatic hydroxyl groups excluding tert-OH is 1. The van der Waals surface area contributed by atoms with Crippen LogP contribution in [0.5, 0.6) is 0 Å². The summed E-state index contributed by atoms with van der Waals surface area (Å²) in [7, 11) is -3.58. The Balaban J connectivity index is 1.48. The lowest BCUT2D eigenvalue weighted by Gasteiger charge is -2.11. The number of nitrogens with one attached hydrogen (secondary N) is 1. The molecule has 0 unspecified atom stereocenters. The fourth-order valence-corrected chi connectivity index (χ4v) is 5.90. The maximum Gasteiger partial charge on any atom is 0.435 e. The van der Waals surface area contributed by atoms with Gasteiger partial charge in [-0.25, -0.2) is 13.1 Å². The van der Waals surface area contributed by atoms with Crippen LogP contribution < -0.4 is 4.72 Å². The molecule has 1 atom stereocenters. The van der Waals surface area contributed by atoms with E-state index in [1.807, 2.05) is 12.1 Å². The van der Waals surface area contributed by atoms with Crippen molar-refractivity contribution in [3.8, 4) is 0 Å². The molecule has 0 radical (unpaired) electrons. The van der Waals surface area contributed by atoms with Gasteiger partial charge >= 0.3 is 6.18 Å². The molecule has 2 heterocycles. The van der Waals surface area contributed by atoms with Crippen LogP contribution in [-0.4, -0.2) is 29.3 Å². The van der Waals surface area contributed by atoms with E-state index in [2.05, 4.69) is 9.82 Å². The van der Waals surface area contributed by atoms with Gasteiger partial charge in [-0.2, -0.15) is 29.6 Å². The first-order valence-electron chi connectivity index (χ1n) is 9.05. The van der Waals surface area contributed by atoms with E-state index in [1.54, 1.807) is 22.9 Å². The number of rotatable bonds is 6. The molecule has 6 nitrogen and oxygen atoms in total. The molecule has 1 aromatic carbocycles. The number of sulfonamides is 1. The molecule has 160 valence electrons. The standard InChI is InChI=1S/C19H18F3N3O3S2/c20-19(21,22)18-15(10-26)9-25(23-18)8-12-1-2-13-6-16(7-14(13)5-12)24-30(27,28)17-3-4-29-11-17/h1-5,9,11,16,24,26H,6-8,10H2/t16-/m0/s1. The highest BCUT2D eigenvalue weighted by molar-refractivity contribution is 7.89. The maximum absolute atomic E-state index is 13.0. The van der Waals surface area contributed by atoms with Crippen LogP contribution in [0.4, 0.5) is 13.2 Å². The van der Waals surface area contributed by atoms with Crippen LogP contribution in [0.15, 0.2) is 46.1 Å². The highest BCUT2D eigenvalue weighted by atomic mass is 32.2. The van der Waals surface area contributed by atoms with Crippen LogP contribution in [0.25, 0.3) is 0 Å². The summed E-state index contributed by atoms with van der Waals surface area (Å²) < 4.78 is 67.7. The summed E-state index contributed by atoms with van der Waals surface area (Å²) in [5.74, 6) is 0. The van der Waals surface area contributed by atoms with Gasteiger partial charge in [0.1, 0.15) is 0 Å². The fraction of sp³-hybridized carbons (Fsp3) is 0.316. The first-order chi connectivity index (χ1) is 14.2. The second-order valence-corrected chi connectivity index (χ2v) is 9.64. The molecule has 0 saturated carbocycles. The van der Waals surface area contributed by atoms with E-state index in [1.165, 1.54) is 17.5 Å². The van der Waals surface area contributed by atoms with Gasteiger partial charge in [-0.05, 0) is 41.0 Å². The van der Waals surface area contributed by atoms with Crippen LogP contribution in [0, 0.1) is 0 Å². The second-order valence-electron chi connectivity index (χ2n) is 7.14. The normalized spacial score (nSPS) is 16.7. The second kappa shape index (κ2) is 7.80. The fourth-order valence-electron chi connectivity index (χ4n) is 3.63. The van der Waals surface area contributed by atoms with Gasteiger partial charge in [0.05, 0.1) is 18.0 Å². The molecule has 4 rings (SSSR count). The largest absolute Gasteiger partial charge is 0.435 e. The maximum atomic E-state index is 13.0. The molecule has 2 N–H and O–H groups in total. The van der Waals surface area contributed by atoms with Gasteiger partial charge in [-0.3, -0.25) is 4.68 Å². The Kier molecular flexibility index (Phi) is 5.47. The Labute approximate surface area is 175 Å². The minimum absolute atomic E-state index is 0.113. The van der Waals surface area contributed by atoms with Crippen molar-refractivity contribution in [1.82, 2.24) is 14.5 Å². The minimum atomic E-state index is -4.63. The SMILES string of the molecule is O=S(=O)(N[C@H]1Cc2ccc(Cn3cc(CO)c(C(F)(F)F)n3)cc2C1)c1ccsc1. The quantitative estimate of drug-likeness (QED) is 0.596. The third kappa shape index (κ3) is 4.29. The van der Waals surface area contributed by atoms with Crippen LogP contribution in [0.3, 0.4) is 0 Å². The number of aliphatic hydroxyl groups is 1. The smallest absolute Gasteiger partial charge is 0.392 e. The van der Waals surface area contributed by atoms with E-state index >= 15 is 0 Å². The molecule has 0 amide bonds. The van der Waals surface area contributed by atoms with Crippen molar-refractivity contribution >= 4 is 21.4 Å². The van der Waals surface area contributed by atoms with E-state index < -0.39 is 28.5 Å². The monoisotopic (exact) mass is 457 g/mol. The predicted octanol–water partition coefficient (Wildman–Crippen LogP) is 2.95. The van der Waals surface area contributed by atoms with Gasteiger partial charge in [0.25, 0.3) is 0 Å². The molecule has 3 aromatic rings.